The molecule has 0 bridgehead atoms. The van der Waals surface area contributed by atoms with Crippen LogP contribution in [0.2, 0.25) is 0 Å². The van der Waals surface area contributed by atoms with E-state index in [9.17, 15) is 15.3 Å². The van der Waals surface area contributed by atoms with Crippen LogP contribution in [0.3, 0.4) is 0 Å². The van der Waals surface area contributed by atoms with Gasteiger partial charge in [0.25, 0.3) is 0 Å². The molecule has 4 N–H and O–H groups in total. The van der Waals surface area contributed by atoms with E-state index in [-0.39, 0.29) is 23.0 Å². The van der Waals surface area contributed by atoms with Gasteiger partial charge in [0.2, 0.25) is 0 Å². The Morgan fingerprint density at radius 3 is 2.25 bits per heavy atom. The Balaban J connectivity index is 2.11. The summed E-state index contributed by atoms with van der Waals surface area (Å²) < 4.78 is 0. The van der Waals surface area contributed by atoms with Crippen LogP contribution in [0.5, 0.6) is 23.0 Å². The standard InChI is InChI=1S/C14H12N2O4/c17-11-5-4-9(6-13(11)19)7-15-16-8-10-2-1-3-12(18)14(10)20/h1-8,17-20H/b15-7+,16-8+. The van der Waals surface area contributed by atoms with Crippen molar-refractivity contribution in [1.29, 1.82) is 0 Å². The summed E-state index contributed by atoms with van der Waals surface area (Å²) in [5.41, 5.74) is 0.883. The minimum absolute atomic E-state index is 0.213. The Hall–Kier alpha value is -3.02. The highest BCUT2D eigenvalue weighted by molar-refractivity contribution is 5.86. The van der Waals surface area contributed by atoms with Gasteiger partial charge in [-0.15, -0.1) is 0 Å². The lowest BCUT2D eigenvalue weighted by molar-refractivity contribution is 0.403. The van der Waals surface area contributed by atoms with Crippen LogP contribution in [-0.2, 0) is 0 Å². The highest BCUT2D eigenvalue weighted by Crippen LogP contribution is 2.26. The first kappa shape index (κ1) is 13.4. The van der Waals surface area contributed by atoms with Gasteiger partial charge in [-0.05, 0) is 35.9 Å². The van der Waals surface area contributed by atoms with Crippen molar-refractivity contribution in [3.63, 3.8) is 0 Å². The molecule has 102 valence electrons. The average Bonchev–Trinajstić information content (AvgIpc) is 2.43. The van der Waals surface area contributed by atoms with E-state index in [4.69, 9.17) is 5.11 Å². The third-order valence-corrected chi connectivity index (χ3v) is 2.52. The summed E-state index contributed by atoms with van der Waals surface area (Å²) in [4.78, 5) is 0. The number of phenols is 4. The van der Waals surface area contributed by atoms with E-state index in [0.29, 0.717) is 11.1 Å². The van der Waals surface area contributed by atoms with Crippen LogP contribution in [0, 0.1) is 0 Å². The molecular formula is C14H12N2O4. The molecule has 0 saturated carbocycles. The number of benzene rings is 2. The first-order chi connectivity index (χ1) is 9.58. The zero-order valence-electron chi connectivity index (χ0n) is 10.3. The number of nitrogens with zero attached hydrogens (tertiary/aromatic N) is 2. The SMILES string of the molecule is Oc1ccc(/C=N/N=C/c2cccc(O)c2O)cc1O. The first-order valence-electron chi connectivity index (χ1n) is 5.67. The molecule has 0 spiro atoms. The number of hydrogen-bond donors (Lipinski definition) is 4. The summed E-state index contributed by atoms with van der Waals surface area (Å²) in [5.74, 6) is -0.964. The Morgan fingerprint density at radius 2 is 1.50 bits per heavy atom. The van der Waals surface area contributed by atoms with Crippen molar-refractivity contribution in [2.24, 2.45) is 10.2 Å². The van der Waals surface area contributed by atoms with E-state index in [1.807, 2.05) is 0 Å². The minimum Gasteiger partial charge on any atom is -0.504 e. The smallest absolute Gasteiger partial charge is 0.166 e. The zero-order valence-corrected chi connectivity index (χ0v) is 10.3. The van der Waals surface area contributed by atoms with E-state index >= 15 is 0 Å². The fourth-order valence-corrected chi connectivity index (χ4v) is 1.47. The van der Waals surface area contributed by atoms with Gasteiger partial charge in [-0.2, -0.15) is 10.2 Å². The Morgan fingerprint density at radius 1 is 0.750 bits per heavy atom. The van der Waals surface area contributed by atoms with Crippen molar-refractivity contribution in [3.05, 3.63) is 47.5 Å². The third kappa shape index (κ3) is 3.05. The van der Waals surface area contributed by atoms with Crippen LogP contribution in [0.25, 0.3) is 0 Å². The van der Waals surface area contributed by atoms with Gasteiger partial charge in [0, 0.05) is 5.56 Å². The van der Waals surface area contributed by atoms with Crippen LogP contribution >= 0.6 is 0 Å². The second kappa shape index (κ2) is 5.75. The number of phenolic OH excluding ortho intramolecular Hbond substituents is 4. The number of rotatable bonds is 3. The van der Waals surface area contributed by atoms with E-state index in [1.54, 1.807) is 18.2 Å². The predicted octanol–water partition coefficient (Wildman–Crippen LogP) is 1.96. The maximum atomic E-state index is 9.53. The number of aromatic hydroxyl groups is 4. The van der Waals surface area contributed by atoms with E-state index in [1.165, 1.54) is 30.6 Å². The van der Waals surface area contributed by atoms with Crippen LogP contribution in [0.4, 0.5) is 0 Å². The third-order valence-electron chi connectivity index (χ3n) is 2.52. The number of para-hydroxylation sites is 1. The van der Waals surface area contributed by atoms with Gasteiger partial charge in [0.1, 0.15) is 0 Å². The summed E-state index contributed by atoms with van der Waals surface area (Å²) in [5, 5.41) is 44.7. The maximum absolute atomic E-state index is 9.53. The van der Waals surface area contributed by atoms with Gasteiger partial charge in [-0.3, -0.25) is 0 Å². The summed E-state index contributed by atoms with van der Waals surface area (Å²) >= 11 is 0. The topological polar surface area (TPSA) is 106 Å². The van der Waals surface area contributed by atoms with Crippen LogP contribution in [0.1, 0.15) is 11.1 Å². The van der Waals surface area contributed by atoms with Crippen LogP contribution in [0.15, 0.2) is 46.6 Å². The molecule has 0 unspecified atom stereocenters. The van der Waals surface area contributed by atoms with Gasteiger partial charge in [-0.1, -0.05) is 6.07 Å². The normalized spacial score (nSPS) is 11.4. The first-order valence-corrected chi connectivity index (χ1v) is 5.67. The van der Waals surface area contributed by atoms with Crippen LogP contribution in [-0.4, -0.2) is 32.9 Å². The molecule has 2 aromatic carbocycles. The molecule has 2 aromatic rings. The second-order valence-corrected chi connectivity index (χ2v) is 3.95. The molecule has 0 saturated heterocycles. The molecule has 0 radical (unpaired) electrons. The summed E-state index contributed by atoms with van der Waals surface area (Å²) in [6.07, 6.45) is 2.65. The molecule has 0 amide bonds. The van der Waals surface area contributed by atoms with Crippen molar-refractivity contribution in [2.75, 3.05) is 0 Å². The average molecular weight is 272 g/mol. The predicted molar refractivity (Wildman–Crippen MR) is 74.7 cm³/mol. The van der Waals surface area contributed by atoms with Gasteiger partial charge >= 0.3 is 0 Å². The molecule has 0 atom stereocenters. The molecular weight excluding hydrogens is 260 g/mol. The fraction of sp³-hybridized carbons (Fsp3) is 0. The van der Waals surface area contributed by atoms with Crippen molar-refractivity contribution < 1.29 is 20.4 Å². The molecule has 6 nitrogen and oxygen atoms in total. The Labute approximate surface area is 114 Å². The summed E-state index contributed by atoms with van der Waals surface area (Å²) in [6.45, 7) is 0. The highest BCUT2D eigenvalue weighted by Gasteiger charge is 2.02. The lowest BCUT2D eigenvalue weighted by Gasteiger charge is -1.99. The summed E-state index contributed by atoms with van der Waals surface area (Å²) in [7, 11) is 0. The van der Waals surface area contributed by atoms with Crippen molar-refractivity contribution in [1.82, 2.24) is 0 Å². The van der Waals surface area contributed by atoms with Gasteiger partial charge in [0.15, 0.2) is 23.0 Å². The monoisotopic (exact) mass is 272 g/mol. The molecule has 0 heterocycles. The zero-order chi connectivity index (χ0) is 14.5. The van der Waals surface area contributed by atoms with Crippen molar-refractivity contribution in [2.45, 2.75) is 0 Å². The maximum Gasteiger partial charge on any atom is 0.166 e. The second-order valence-electron chi connectivity index (χ2n) is 3.95. The van der Waals surface area contributed by atoms with E-state index < -0.39 is 0 Å². The van der Waals surface area contributed by atoms with Crippen molar-refractivity contribution >= 4 is 12.4 Å². The van der Waals surface area contributed by atoms with Crippen LogP contribution < -0.4 is 0 Å². The Bertz CT molecular complexity index is 681. The largest absolute Gasteiger partial charge is 0.504 e. The van der Waals surface area contributed by atoms with Gasteiger partial charge < -0.3 is 20.4 Å². The number of hydrogen-bond acceptors (Lipinski definition) is 6. The lowest BCUT2D eigenvalue weighted by atomic mass is 10.2. The highest BCUT2D eigenvalue weighted by atomic mass is 16.3. The lowest BCUT2D eigenvalue weighted by Crippen LogP contribution is -1.83. The molecule has 2 rings (SSSR count). The quantitative estimate of drug-likeness (QED) is 0.389. The van der Waals surface area contributed by atoms with Crippen molar-refractivity contribution in [3.8, 4) is 23.0 Å². The summed E-state index contributed by atoms with van der Waals surface area (Å²) in [6, 6.07) is 8.72. The minimum atomic E-state index is -0.270. The molecule has 0 aliphatic heterocycles. The van der Waals surface area contributed by atoms with E-state index in [2.05, 4.69) is 10.2 Å². The van der Waals surface area contributed by atoms with Gasteiger partial charge in [0.05, 0.1) is 12.4 Å². The molecule has 0 aliphatic rings. The fourth-order valence-electron chi connectivity index (χ4n) is 1.47. The molecule has 0 aliphatic carbocycles. The van der Waals surface area contributed by atoms with Gasteiger partial charge in [-0.25, -0.2) is 0 Å². The molecule has 0 aromatic heterocycles. The molecule has 20 heavy (non-hydrogen) atoms. The van der Waals surface area contributed by atoms with E-state index in [0.717, 1.165) is 0 Å². The Kier molecular flexibility index (Phi) is 3.85. The molecule has 0 fully saturated rings. The molecule has 6 heteroatoms.